The molecule has 0 amide bonds. The molecule has 5 heterocycles. The SMILES string of the molecule is CCCc1nnc(Nc2ccc3ncc(-c4cnn(CCCN5CCCC5)c4)cc3n2)s1. The number of fused-ring (bicyclic) bond motifs is 1. The predicted molar refractivity (Wildman–Crippen MR) is 128 cm³/mol. The van der Waals surface area contributed by atoms with E-state index in [4.69, 9.17) is 4.98 Å². The van der Waals surface area contributed by atoms with Crippen molar-refractivity contribution in [3.63, 3.8) is 0 Å². The van der Waals surface area contributed by atoms with Crippen molar-refractivity contribution in [1.82, 2.24) is 34.8 Å². The van der Waals surface area contributed by atoms with Crippen molar-refractivity contribution >= 4 is 33.3 Å². The average Bonchev–Trinajstić information content (AvgIpc) is 3.57. The third kappa shape index (κ3) is 4.94. The van der Waals surface area contributed by atoms with Crippen LogP contribution in [0.1, 0.15) is 37.6 Å². The lowest BCUT2D eigenvalue weighted by molar-refractivity contribution is 0.322. The van der Waals surface area contributed by atoms with Gasteiger partial charge in [-0.25, -0.2) is 4.98 Å². The first kappa shape index (κ1) is 21.0. The molecule has 32 heavy (non-hydrogen) atoms. The number of rotatable bonds is 9. The van der Waals surface area contributed by atoms with E-state index in [-0.39, 0.29) is 0 Å². The summed E-state index contributed by atoms with van der Waals surface area (Å²) in [5.41, 5.74) is 3.79. The molecule has 9 heteroatoms. The van der Waals surface area contributed by atoms with Gasteiger partial charge in [0.15, 0.2) is 0 Å². The van der Waals surface area contributed by atoms with Crippen LogP contribution in [0.4, 0.5) is 10.9 Å². The van der Waals surface area contributed by atoms with Crippen LogP contribution in [-0.2, 0) is 13.0 Å². The molecule has 0 atom stereocenters. The van der Waals surface area contributed by atoms with Gasteiger partial charge in [-0.15, -0.1) is 10.2 Å². The summed E-state index contributed by atoms with van der Waals surface area (Å²) in [6.45, 7) is 6.72. The Morgan fingerprint density at radius 1 is 1.03 bits per heavy atom. The van der Waals surface area contributed by atoms with Gasteiger partial charge in [0.2, 0.25) is 5.13 Å². The Morgan fingerprint density at radius 2 is 1.94 bits per heavy atom. The lowest BCUT2D eigenvalue weighted by Crippen LogP contribution is -2.21. The standard InChI is InChI=1S/C23H28N8S/c1-2-6-22-28-29-23(32-22)27-21-8-7-19-20(26-21)13-17(14-24-19)18-15-25-31(16-18)12-5-11-30-9-3-4-10-30/h7-8,13-16H,2-6,9-12H2,1H3,(H,26,27,29). The van der Waals surface area contributed by atoms with E-state index >= 15 is 0 Å². The number of nitrogens with zero attached hydrogens (tertiary/aromatic N) is 7. The highest BCUT2D eigenvalue weighted by atomic mass is 32.1. The molecule has 1 aliphatic rings. The second-order valence-corrected chi connectivity index (χ2v) is 9.29. The fourth-order valence-corrected chi connectivity index (χ4v) is 4.91. The van der Waals surface area contributed by atoms with Crippen LogP contribution >= 0.6 is 11.3 Å². The number of anilines is 2. The molecule has 166 valence electrons. The fraction of sp³-hybridized carbons (Fsp3) is 0.435. The van der Waals surface area contributed by atoms with Crippen LogP contribution in [0.2, 0.25) is 0 Å². The minimum absolute atomic E-state index is 0.744. The molecule has 0 saturated carbocycles. The van der Waals surface area contributed by atoms with Crippen molar-refractivity contribution in [3.05, 3.63) is 41.8 Å². The van der Waals surface area contributed by atoms with Gasteiger partial charge in [0, 0.05) is 36.5 Å². The number of aryl methyl sites for hydroxylation is 2. The number of pyridine rings is 2. The van der Waals surface area contributed by atoms with Crippen LogP contribution in [0, 0.1) is 0 Å². The van der Waals surface area contributed by atoms with Crippen LogP contribution in [0.3, 0.4) is 0 Å². The van der Waals surface area contributed by atoms with Gasteiger partial charge in [-0.2, -0.15) is 5.10 Å². The summed E-state index contributed by atoms with van der Waals surface area (Å²) in [6, 6.07) is 5.97. The Labute approximate surface area is 191 Å². The molecule has 1 fully saturated rings. The molecule has 1 aliphatic heterocycles. The monoisotopic (exact) mass is 448 g/mol. The van der Waals surface area contributed by atoms with E-state index in [0.29, 0.717) is 0 Å². The molecule has 0 radical (unpaired) electrons. The third-order valence-corrected chi connectivity index (χ3v) is 6.63. The predicted octanol–water partition coefficient (Wildman–Crippen LogP) is 4.53. The molecule has 0 unspecified atom stereocenters. The molecule has 0 aliphatic carbocycles. The van der Waals surface area contributed by atoms with E-state index in [1.807, 2.05) is 29.2 Å². The Balaban J connectivity index is 1.27. The van der Waals surface area contributed by atoms with E-state index in [1.54, 1.807) is 11.3 Å². The molecular weight excluding hydrogens is 420 g/mol. The van der Waals surface area contributed by atoms with Crippen LogP contribution < -0.4 is 5.32 Å². The van der Waals surface area contributed by atoms with E-state index in [0.717, 1.165) is 70.5 Å². The number of hydrogen-bond donors (Lipinski definition) is 1. The highest BCUT2D eigenvalue weighted by Gasteiger charge is 2.11. The highest BCUT2D eigenvalue weighted by Crippen LogP contribution is 2.25. The highest BCUT2D eigenvalue weighted by molar-refractivity contribution is 7.15. The molecule has 0 bridgehead atoms. The molecule has 1 saturated heterocycles. The van der Waals surface area contributed by atoms with Crippen molar-refractivity contribution in [2.75, 3.05) is 25.0 Å². The number of aromatic nitrogens is 6. The molecule has 4 aromatic rings. The minimum Gasteiger partial charge on any atom is -0.315 e. The van der Waals surface area contributed by atoms with Crippen molar-refractivity contribution < 1.29 is 0 Å². The van der Waals surface area contributed by atoms with Crippen molar-refractivity contribution in [2.24, 2.45) is 0 Å². The molecule has 8 nitrogen and oxygen atoms in total. The summed E-state index contributed by atoms with van der Waals surface area (Å²) in [6.07, 6.45) is 11.7. The minimum atomic E-state index is 0.744. The molecule has 0 spiro atoms. The molecule has 5 rings (SSSR count). The van der Waals surface area contributed by atoms with Gasteiger partial charge in [0.05, 0.1) is 17.2 Å². The van der Waals surface area contributed by atoms with Gasteiger partial charge < -0.3 is 10.2 Å². The molecular formula is C23H28N8S. The first-order valence-electron chi connectivity index (χ1n) is 11.4. The normalized spacial score (nSPS) is 14.4. The molecule has 4 aromatic heterocycles. The van der Waals surface area contributed by atoms with Crippen molar-refractivity contribution in [2.45, 2.75) is 45.6 Å². The summed E-state index contributed by atoms with van der Waals surface area (Å²) in [4.78, 5) is 11.9. The second kappa shape index (κ2) is 9.70. The number of likely N-dealkylation sites (tertiary alicyclic amines) is 1. The zero-order chi connectivity index (χ0) is 21.8. The Kier molecular flexibility index (Phi) is 6.36. The van der Waals surface area contributed by atoms with Gasteiger partial charge in [-0.3, -0.25) is 9.67 Å². The number of nitrogens with one attached hydrogen (secondary N) is 1. The van der Waals surface area contributed by atoms with Gasteiger partial charge in [-0.05, 0) is 63.5 Å². The van der Waals surface area contributed by atoms with Gasteiger partial charge in [-0.1, -0.05) is 18.3 Å². The largest absolute Gasteiger partial charge is 0.315 e. The zero-order valence-corrected chi connectivity index (χ0v) is 19.2. The smallest absolute Gasteiger partial charge is 0.211 e. The van der Waals surface area contributed by atoms with E-state index in [2.05, 4.69) is 49.7 Å². The van der Waals surface area contributed by atoms with Gasteiger partial charge in [0.1, 0.15) is 10.8 Å². The molecule has 0 aromatic carbocycles. The van der Waals surface area contributed by atoms with Crippen LogP contribution in [0.5, 0.6) is 0 Å². The van der Waals surface area contributed by atoms with Crippen molar-refractivity contribution in [3.8, 4) is 11.1 Å². The first-order chi connectivity index (χ1) is 15.8. The van der Waals surface area contributed by atoms with E-state index < -0.39 is 0 Å². The third-order valence-electron chi connectivity index (χ3n) is 5.73. The summed E-state index contributed by atoms with van der Waals surface area (Å²) in [7, 11) is 0. The fourth-order valence-electron chi connectivity index (χ4n) is 4.06. The Hall–Kier alpha value is -2.91. The summed E-state index contributed by atoms with van der Waals surface area (Å²) in [5, 5.41) is 18.1. The second-order valence-electron chi connectivity index (χ2n) is 8.23. The van der Waals surface area contributed by atoms with E-state index in [1.165, 1.54) is 25.9 Å². The van der Waals surface area contributed by atoms with Gasteiger partial charge in [0.25, 0.3) is 0 Å². The lowest BCUT2D eigenvalue weighted by Gasteiger charge is -2.13. The maximum Gasteiger partial charge on any atom is 0.211 e. The average molecular weight is 449 g/mol. The van der Waals surface area contributed by atoms with Crippen LogP contribution in [-0.4, -0.2) is 54.5 Å². The Morgan fingerprint density at radius 3 is 2.81 bits per heavy atom. The number of hydrogen-bond acceptors (Lipinski definition) is 8. The zero-order valence-electron chi connectivity index (χ0n) is 18.4. The lowest BCUT2D eigenvalue weighted by atomic mass is 10.1. The summed E-state index contributed by atoms with van der Waals surface area (Å²) in [5.74, 6) is 0.744. The summed E-state index contributed by atoms with van der Waals surface area (Å²) < 4.78 is 2.03. The van der Waals surface area contributed by atoms with Crippen LogP contribution in [0.15, 0.2) is 36.8 Å². The first-order valence-corrected chi connectivity index (χ1v) is 12.2. The topological polar surface area (TPSA) is 84.7 Å². The Bertz CT molecular complexity index is 1180. The maximum absolute atomic E-state index is 4.74. The quantitative estimate of drug-likeness (QED) is 0.403. The molecule has 1 N–H and O–H groups in total. The summed E-state index contributed by atoms with van der Waals surface area (Å²) >= 11 is 1.57. The van der Waals surface area contributed by atoms with Crippen molar-refractivity contribution in [1.29, 1.82) is 0 Å². The van der Waals surface area contributed by atoms with Gasteiger partial charge >= 0.3 is 0 Å². The van der Waals surface area contributed by atoms with E-state index in [9.17, 15) is 0 Å². The van der Waals surface area contributed by atoms with Crippen LogP contribution in [0.25, 0.3) is 22.2 Å². The maximum atomic E-state index is 4.74.